The van der Waals surface area contributed by atoms with Gasteiger partial charge in [-0.3, -0.25) is 4.79 Å². The molecule has 4 atom stereocenters. The van der Waals surface area contributed by atoms with E-state index in [-0.39, 0.29) is 5.78 Å². The van der Waals surface area contributed by atoms with Crippen molar-refractivity contribution in [3.63, 3.8) is 0 Å². The van der Waals surface area contributed by atoms with Crippen molar-refractivity contribution in [2.75, 3.05) is 7.05 Å². The molecule has 26 heavy (non-hydrogen) atoms. The lowest BCUT2D eigenvalue weighted by atomic mass is 9.74. The number of thiocarbonyl (C=S) groups is 1. The molecule has 3 aliphatic rings. The number of nitrogens with zero attached hydrogens (tertiary/aromatic N) is 1. The normalized spacial score (nSPS) is 33.3. The molecule has 3 fully saturated rings. The molecule has 2 bridgehead atoms. The SMILES string of the molecule is CN(C(=S)N[C@@H]1C[C@H]2CC[C@@H]1C2)[C@]1(c2ccccc2Cl)CCCCC1=O. The van der Waals surface area contributed by atoms with Gasteiger partial charge in [0.15, 0.2) is 10.9 Å². The second kappa shape index (κ2) is 7.12. The first kappa shape index (κ1) is 18.2. The number of rotatable bonds is 3. The molecule has 3 nitrogen and oxygen atoms in total. The van der Waals surface area contributed by atoms with Crippen LogP contribution in [-0.2, 0) is 10.3 Å². The summed E-state index contributed by atoms with van der Waals surface area (Å²) in [6.45, 7) is 0. The van der Waals surface area contributed by atoms with Gasteiger partial charge in [0, 0.05) is 30.1 Å². The van der Waals surface area contributed by atoms with Crippen molar-refractivity contribution in [3.8, 4) is 0 Å². The first-order valence-corrected chi connectivity index (χ1v) is 10.6. The van der Waals surface area contributed by atoms with Crippen LogP contribution in [0.25, 0.3) is 0 Å². The number of fused-ring (bicyclic) bond motifs is 2. The van der Waals surface area contributed by atoms with Crippen LogP contribution >= 0.6 is 23.8 Å². The van der Waals surface area contributed by atoms with Gasteiger partial charge in [0.25, 0.3) is 0 Å². The van der Waals surface area contributed by atoms with Gasteiger partial charge in [0.2, 0.25) is 0 Å². The Morgan fingerprint density at radius 3 is 2.73 bits per heavy atom. The van der Waals surface area contributed by atoms with Gasteiger partial charge in [-0.05, 0) is 68.6 Å². The van der Waals surface area contributed by atoms with Gasteiger partial charge in [0.05, 0.1) is 0 Å². The lowest BCUT2D eigenvalue weighted by Crippen LogP contribution is -2.58. The molecular weight excluding hydrogens is 364 g/mol. The first-order valence-electron chi connectivity index (χ1n) is 9.85. The fourth-order valence-electron chi connectivity index (χ4n) is 5.48. The zero-order valence-electron chi connectivity index (χ0n) is 15.3. The number of carbonyl (C=O) groups is 1. The van der Waals surface area contributed by atoms with E-state index in [2.05, 4.69) is 5.32 Å². The Labute approximate surface area is 166 Å². The van der Waals surface area contributed by atoms with Gasteiger partial charge in [-0.25, -0.2) is 0 Å². The third-order valence-electron chi connectivity index (χ3n) is 6.90. The number of hydrogen-bond donors (Lipinski definition) is 1. The molecule has 0 radical (unpaired) electrons. The summed E-state index contributed by atoms with van der Waals surface area (Å²) in [4.78, 5) is 15.2. The standard InChI is InChI=1S/C21H27ClN2OS/c1-24(20(26)23-18-13-14-9-10-15(18)12-14)21(11-5-4-8-19(21)25)16-6-2-3-7-17(16)22/h2-3,6-7,14-15,18H,4-5,8-13H2,1H3,(H,23,26)/t14-,15+,18+,21-/m0/s1. The summed E-state index contributed by atoms with van der Waals surface area (Å²) in [6.07, 6.45) is 8.54. The molecular formula is C21H27ClN2OS. The minimum Gasteiger partial charge on any atom is -0.360 e. The number of likely N-dealkylation sites (N-methyl/N-ethyl adjacent to an activating group) is 1. The molecule has 0 amide bonds. The lowest BCUT2D eigenvalue weighted by molar-refractivity contribution is -0.131. The van der Waals surface area contributed by atoms with Crippen molar-refractivity contribution in [1.29, 1.82) is 0 Å². The van der Waals surface area contributed by atoms with E-state index >= 15 is 0 Å². The molecule has 3 aliphatic carbocycles. The summed E-state index contributed by atoms with van der Waals surface area (Å²) in [7, 11) is 1.97. The van der Waals surface area contributed by atoms with Crippen LogP contribution in [0.1, 0.15) is 56.9 Å². The van der Waals surface area contributed by atoms with Crippen molar-refractivity contribution in [1.82, 2.24) is 10.2 Å². The van der Waals surface area contributed by atoms with Crippen molar-refractivity contribution in [2.24, 2.45) is 11.8 Å². The van der Waals surface area contributed by atoms with Crippen molar-refractivity contribution < 1.29 is 4.79 Å². The average Bonchev–Trinajstić information content (AvgIpc) is 3.25. The van der Waals surface area contributed by atoms with Gasteiger partial charge in [0.1, 0.15) is 5.54 Å². The third kappa shape index (κ3) is 2.95. The Bertz CT molecular complexity index is 724. The zero-order chi connectivity index (χ0) is 18.3. The molecule has 0 aliphatic heterocycles. The van der Waals surface area contributed by atoms with E-state index in [0.717, 1.165) is 36.7 Å². The van der Waals surface area contributed by atoms with Gasteiger partial charge >= 0.3 is 0 Å². The summed E-state index contributed by atoms with van der Waals surface area (Å²) >= 11 is 12.3. The Balaban J connectivity index is 1.62. The summed E-state index contributed by atoms with van der Waals surface area (Å²) in [6, 6.07) is 8.21. The van der Waals surface area contributed by atoms with E-state index in [0.29, 0.717) is 22.6 Å². The fourth-order valence-corrected chi connectivity index (χ4v) is 6.08. The number of halogens is 1. The van der Waals surface area contributed by atoms with Gasteiger partial charge in [-0.15, -0.1) is 0 Å². The van der Waals surface area contributed by atoms with E-state index < -0.39 is 5.54 Å². The van der Waals surface area contributed by atoms with Crippen LogP contribution in [0, 0.1) is 11.8 Å². The molecule has 4 rings (SSSR count). The van der Waals surface area contributed by atoms with Gasteiger partial charge < -0.3 is 10.2 Å². The minimum absolute atomic E-state index is 0.233. The van der Waals surface area contributed by atoms with E-state index in [1.165, 1.54) is 25.7 Å². The number of Topliss-reactive ketones (excluding diaryl/α,β-unsaturated/α-hetero) is 1. The molecule has 3 saturated carbocycles. The fraction of sp³-hybridized carbons (Fsp3) is 0.619. The summed E-state index contributed by atoms with van der Waals surface area (Å²) < 4.78 is 0. The Hall–Kier alpha value is -1.13. The Kier molecular flexibility index (Phi) is 5.00. The highest BCUT2D eigenvalue weighted by Gasteiger charge is 2.48. The first-order chi connectivity index (χ1) is 12.5. The molecule has 0 spiro atoms. The van der Waals surface area contributed by atoms with Crippen LogP contribution in [0.2, 0.25) is 5.02 Å². The molecule has 0 unspecified atom stereocenters. The van der Waals surface area contributed by atoms with Crippen molar-refractivity contribution in [2.45, 2.75) is 62.9 Å². The van der Waals surface area contributed by atoms with Crippen LogP contribution in [-0.4, -0.2) is 28.9 Å². The Morgan fingerprint density at radius 2 is 2.08 bits per heavy atom. The number of ketones is 1. The van der Waals surface area contributed by atoms with E-state index in [4.69, 9.17) is 23.8 Å². The maximum atomic E-state index is 13.2. The average molecular weight is 391 g/mol. The number of carbonyl (C=O) groups excluding carboxylic acids is 1. The van der Waals surface area contributed by atoms with Gasteiger partial charge in [-0.1, -0.05) is 36.2 Å². The van der Waals surface area contributed by atoms with Crippen LogP contribution in [0.5, 0.6) is 0 Å². The maximum Gasteiger partial charge on any atom is 0.170 e. The summed E-state index contributed by atoms with van der Waals surface area (Å²) in [5.74, 6) is 1.83. The molecule has 0 heterocycles. The second-order valence-corrected chi connectivity index (χ2v) is 9.05. The highest BCUT2D eigenvalue weighted by atomic mass is 35.5. The van der Waals surface area contributed by atoms with Crippen LogP contribution in [0.4, 0.5) is 0 Å². The highest BCUT2D eigenvalue weighted by molar-refractivity contribution is 7.80. The predicted molar refractivity (Wildman–Crippen MR) is 109 cm³/mol. The smallest absolute Gasteiger partial charge is 0.170 e. The largest absolute Gasteiger partial charge is 0.360 e. The predicted octanol–water partition coefficient (Wildman–Crippen LogP) is 4.67. The molecule has 0 aromatic heterocycles. The highest BCUT2D eigenvalue weighted by Crippen LogP contribution is 2.45. The monoisotopic (exact) mass is 390 g/mol. The molecule has 1 N–H and O–H groups in total. The summed E-state index contributed by atoms with van der Waals surface area (Å²) in [5.41, 5.74) is 0.157. The van der Waals surface area contributed by atoms with Crippen LogP contribution in [0.15, 0.2) is 24.3 Å². The number of nitrogens with one attached hydrogen (secondary N) is 1. The van der Waals surface area contributed by atoms with E-state index in [9.17, 15) is 4.79 Å². The van der Waals surface area contributed by atoms with Crippen molar-refractivity contribution in [3.05, 3.63) is 34.9 Å². The summed E-state index contributed by atoms with van der Waals surface area (Å²) in [5, 5.41) is 4.95. The zero-order valence-corrected chi connectivity index (χ0v) is 16.9. The van der Waals surface area contributed by atoms with Crippen molar-refractivity contribution >= 4 is 34.7 Å². The molecule has 0 saturated heterocycles. The van der Waals surface area contributed by atoms with Gasteiger partial charge in [-0.2, -0.15) is 0 Å². The van der Waals surface area contributed by atoms with E-state index in [1.807, 2.05) is 36.2 Å². The lowest BCUT2D eigenvalue weighted by Gasteiger charge is -2.45. The molecule has 140 valence electrons. The van der Waals surface area contributed by atoms with Crippen LogP contribution in [0.3, 0.4) is 0 Å². The van der Waals surface area contributed by atoms with Crippen LogP contribution < -0.4 is 5.32 Å². The number of benzene rings is 1. The third-order valence-corrected chi connectivity index (χ3v) is 7.62. The molecule has 1 aromatic rings. The quantitative estimate of drug-likeness (QED) is 0.760. The Morgan fingerprint density at radius 1 is 1.27 bits per heavy atom. The maximum absolute atomic E-state index is 13.2. The topological polar surface area (TPSA) is 32.3 Å². The molecule has 5 heteroatoms. The van der Waals surface area contributed by atoms with E-state index in [1.54, 1.807) is 0 Å². The second-order valence-electron chi connectivity index (χ2n) is 8.26. The number of hydrogen-bond acceptors (Lipinski definition) is 2. The molecule has 1 aromatic carbocycles. The minimum atomic E-state index is -0.738.